The number of hydrogen-bond acceptors (Lipinski definition) is 0. The van der Waals surface area contributed by atoms with Crippen LogP contribution in [0.1, 0.15) is 58.2 Å². The van der Waals surface area contributed by atoms with Gasteiger partial charge in [-0.1, -0.05) is 139 Å². The quantitative estimate of drug-likeness (QED) is 0.177. The van der Waals surface area contributed by atoms with Gasteiger partial charge in [-0.3, -0.25) is 0 Å². The molecule has 0 unspecified atom stereocenters. The summed E-state index contributed by atoms with van der Waals surface area (Å²) in [5, 5.41) is 2.73. The number of nitrogens with zero attached hydrogens (tertiary/aromatic N) is 2. The van der Waals surface area contributed by atoms with Gasteiger partial charge in [0.25, 0.3) is 6.71 Å². The molecule has 224 valence electrons. The smallest absolute Gasteiger partial charge is 0.252 e. The highest BCUT2D eigenvalue weighted by molar-refractivity contribution is 7.00. The summed E-state index contributed by atoms with van der Waals surface area (Å²) < 4.78 is 5.26. The Bertz CT molecular complexity index is 2210. The molecule has 2 aliphatic heterocycles. The van der Waals surface area contributed by atoms with E-state index < -0.39 is 0 Å². The van der Waals surface area contributed by atoms with Crippen molar-refractivity contribution in [3.05, 3.63) is 126 Å². The van der Waals surface area contributed by atoms with Gasteiger partial charge in [0.1, 0.15) is 0 Å². The van der Waals surface area contributed by atoms with Crippen molar-refractivity contribution >= 4 is 44.9 Å². The molecule has 2 aromatic heterocycles. The van der Waals surface area contributed by atoms with Gasteiger partial charge in [-0.05, 0) is 74.1 Å². The second-order valence-electron chi connectivity index (χ2n) is 15.5. The van der Waals surface area contributed by atoms with Crippen molar-refractivity contribution in [1.82, 2.24) is 9.13 Å². The maximum Gasteiger partial charge on any atom is 0.252 e. The van der Waals surface area contributed by atoms with Gasteiger partial charge in [-0.25, -0.2) is 0 Å². The Hall–Kier alpha value is -4.76. The Morgan fingerprint density at radius 3 is 1.30 bits per heavy atom. The van der Waals surface area contributed by atoms with Gasteiger partial charge in [0.2, 0.25) is 0 Å². The minimum atomic E-state index is -0.0481. The van der Waals surface area contributed by atoms with Gasteiger partial charge >= 0.3 is 0 Å². The highest BCUT2D eigenvalue weighted by Gasteiger charge is 2.43. The second kappa shape index (κ2) is 9.16. The van der Waals surface area contributed by atoms with Crippen molar-refractivity contribution in [2.75, 3.05) is 0 Å². The van der Waals surface area contributed by atoms with Crippen LogP contribution in [0.2, 0.25) is 0 Å². The van der Waals surface area contributed by atoms with E-state index in [0.717, 1.165) is 0 Å². The molecule has 9 rings (SSSR count). The van der Waals surface area contributed by atoms with Crippen LogP contribution in [0.3, 0.4) is 0 Å². The van der Waals surface area contributed by atoms with E-state index in [1.165, 1.54) is 88.8 Å². The molecule has 0 aliphatic carbocycles. The molecule has 5 aromatic carbocycles. The van der Waals surface area contributed by atoms with E-state index in [1.807, 2.05) is 0 Å². The number of benzene rings is 5. The number of hydrogen-bond donors (Lipinski definition) is 0. The summed E-state index contributed by atoms with van der Waals surface area (Å²) in [6.45, 7) is 16.6. The largest absolute Gasteiger partial charge is 0.310 e. The van der Waals surface area contributed by atoms with E-state index in [4.69, 9.17) is 0 Å². The van der Waals surface area contributed by atoms with Crippen LogP contribution in [-0.2, 0) is 10.8 Å². The summed E-state index contributed by atoms with van der Waals surface area (Å²) in [5.74, 6) is 0. The van der Waals surface area contributed by atoms with Crippen molar-refractivity contribution in [3.63, 3.8) is 0 Å². The van der Waals surface area contributed by atoms with Crippen LogP contribution in [0.4, 0.5) is 0 Å². The molecule has 2 nitrogen and oxygen atoms in total. The van der Waals surface area contributed by atoms with Crippen molar-refractivity contribution < 1.29 is 0 Å². The fraction of sp³-hybridized carbons (Fsp3) is 0.209. The van der Waals surface area contributed by atoms with E-state index in [-0.39, 0.29) is 17.5 Å². The molecular weight excluding hydrogens is 555 g/mol. The Kier molecular flexibility index (Phi) is 5.49. The standard InChI is InChI=1S/C43H39BN2/c1-26-24-33-37-34(25-26)46-39(28-18-12-9-13-19-28)36(43(5,6)7)30-21-15-23-32(41(30)46)44(37)31-22-14-20-29-35(42(2,3)4)38(45(33)40(29)31)27-16-10-8-11-17-27/h8-25H,1-7H3. The lowest BCUT2D eigenvalue weighted by atomic mass is 9.34. The highest BCUT2D eigenvalue weighted by Crippen LogP contribution is 2.47. The predicted octanol–water partition coefficient (Wildman–Crippen LogP) is 8.95. The summed E-state index contributed by atoms with van der Waals surface area (Å²) >= 11 is 0. The average molecular weight is 595 g/mol. The molecule has 46 heavy (non-hydrogen) atoms. The molecule has 0 spiro atoms. The third-order valence-electron chi connectivity index (χ3n) is 10.3. The van der Waals surface area contributed by atoms with Crippen LogP contribution in [0.25, 0.3) is 55.7 Å². The zero-order valence-electron chi connectivity index (χ0n) is 27.9. The lowest BCUT2D eigenvalue weighted by molar-refractivity contribution is 0.596. The zero-order chi connectivity index (χ0) is 31.7. The van der Waals surface area contributed by atoms with Crippen LogP contribution in [-0.4, -0.2) is 15.8 Å². The van der Waals surface area contributed by atoms with Gasteiger partial charge in [0.15, 0.2) is 0 Å². The van der Waals surface area contributed by atoms with E-state index in [1.54, 1.807) is 0 Å². The molecule has 7 aromatic rings. The topological polar surface area (TPSA) is 9.86 Å². The van der Waals surface area contributed by atoms with Crippen molar-refractivity contribution in [2.45, 2.75) is 59.3 Å². The van der Waals surface area contributed by atoms with E-state index in [0.29, 0.717) is 0 Å². The Morgan fingerprint density at radius 1 is 0.500 bits per heavy atom. The van der Waals surface area contributed by atoms with Crippen LogP contribution in [0.15, 0.2) is 109 Å². The van der Waals surface area contributed by atoms with Crippen molar-refractivity contribution in [2.24, 2.45) is 0 Å². The van der Waals surface area contributed by atoms with Crippen LogP contribution >= 0.6 is 0 Å². The third kappa shape index (κ3) is 3.55. The number of para-hydroxylation sites is 2. The molecule has 0 atom stereocenters. The van der Waals surface area contributed by atoms with Gasteiger partial charge in [0, 0.05) is 33.2 Å². The van der Waals surface area contributed by atoms with Crippen molar-refractivity contribution in [3.8, 4) is 33.9 Å². The first-order valence-electron chi connectivity index (χ1n) is 16.7. The minimum absolute atomic E-state index is 0.0481. The molecule has 0 N–H and O–H groups in total. The fourth-order valence-corrected chi connectivity index (χ4v) is 8.84. The van der Waals surface area contributed by atoms with Crippen molar-refractivity contribution in [1.29, 1.82) is 0 Å². The average Bonchev–Trinajstić information content (AvgIpc) is 3.58. The maximum atomic E-state index is 2.63. The van der Waals surface area contributed by atoms with Crippen LogP contribution in [0, 0.1) is 6.92 Å². The fourth-order valence-electron chi connectivity index (χ4n) is 8.84. The number of fused-ring (bicyclic) bond motifs is 4. The van der Waals surface area contributed by atoms with Crippen LogP contribution < -0.4 is 16.4 Å². The summed E-state index contributed by atoms with van der Waals surface area (Å²) in [4.78, 5) is 0. The Labute approximate surface area is 272 Å². The number of aryl methyl sites for hydroxylation is 1. The molecule has 0 fully saturated rings. The SMILES string of the molecule is Cc1cc2c3c(c1)-n1c(-c4ccccc4)c(C(C)(C)C)c4cccc(c41)B3c1cccc3c(C(C)(C)C)c(-c4ccccc4)n-2c13. The molecule has 2 aliphatic rings. The monoisotopic (exact) mass is 594 g/mol. The third-order valence-corrected chi connectivity index (χ3v) is 10.3. The first kappa shape index (κ1) is 27.5. The molecule has 0 bridgehead atoms. The Morgan fingerprint density at radius 2 is 0.913 bits per heavy atom. The first-order valence-corrected chi connectivity index (χ1v) is 16.7. The molecule has 0 amide bonds. The number of rotatable bonds is 2. The molecule has 3 heteroatoms. The van der Waals surface area contributed by atoms with Gasteiger partial charge in [-0.15, -0.1) is 0 Å². The molecule has 0 saturated heterocycles. The second-order valence-corrected chi connectivity index (χ2v) is 15.5. The zero-order valence-corrected chi connectivity index (χ0v) is 27.9. The summed E-state index contributed by atoms with van der Waals surface area (Å²) in [5.41, 5.74) is 18.7. The molecular formula is C43H39BN2. The lowest BCUT2D eigenvalue weighted by Crippen LogP contribution is -2.59. The van der Waals surface area contributed by atoms with Gasteiger partial charge in [0.05, 0.1) is 11.4 Å². The Balaban J connectivity index is 1.52. The maximum absolute atomic E-state index is 2.63. The highest BCUT2D eigenvalue weighted by atomic mass is 15.1. The van der Waals surface area contributed by atoms with Gasteiger partial charge < -0.3 is 9.13 Å². The molecule has 0 saturated carbocycles. The van der Waals surface area contributed by atoms with E-state index >= 15 is 0 Å². The number of aromatic nitrogens is 2. The normalized spacial score (nSPS) is 13.5. The lowest BCUT2D eigenvalue weighted by Gasteiger charge is -2.35. The van der Waals surface area contributed by atoms with Gasteiger partial charge in [-0.2, -0.15) is 0 Å². The summed E-state index contributed by atoms with van der Waals surface area (Å²) in [7, 11) is 0. The van der Waals surface area contributed by atoms with Crippen LogP contribution in [0.5, 0.6) is 0 Å². The summed E-state index contributed by atoms with van der Waals surface area (Å²) in [6.07, 6.45) is 0. The molecule has 4 heterocycles. The summed E-state index contributed by atoms with van der Waals surface area (Å²) in [6, 6.07) is 41.1. The minimum Gasteiger partial charge on any atom is -0.310 e. The van der Waals surface area contributed by atoms with E-state index in [2.05, 4.69) is 167 Å². The first-order chi connectivity index (χ1) is 22.1. The predicted molar refractivity (Wildman–Crippen MR) is 198 cm³/mol. The molecule has 0 radical (unpaired) electrons. The van der Waals surface area contributed by atoms with E-state index in [9.17, 15) is 0 Å².